The van der Waals surface area contributed by atoms with Crippen molar-refractivity contribution in [1.29, 1.82) is 0 Å². The van der Waals surface area contributed by atoms with E-state index >= 15 is 0 Å². The van der Waals surface area contributed by atoms with Crippen LogP contribution in [0.4, 0.5) is 0 Å². The van der Waals surface area contributed by atoms with Crippen molar-refractivity contribution in [3.8, 4) is 5.75 Å². The van der Waals surface area contributed by atoms with Crippen LogP contribution in [0.2, 0.25) is 0 Å². The topological polar surface area (TPSA) is 104 Å². The maximum Gasteiger partial charge on any atom is 0.305 e. The Morgan fingerprint density at radius 3 is 2.05 bits per heavy atom. The molecule has 0 saturated carbocycles. The molecule has 0 aromatic heterocycles. The Morgan fingerprint density at radius 1 is 1.05 bits per heavy atom. The zero-order chi connectivity index (χ0) is 15.8. The van der Waals surface area contributed by atoms with E-state index in [9.17, 15) is 14.4 Å². The van der Waals surface area contributed by atoms with Crippen molar-refractivity contribution in [1.82, 2.24) is 4.90 Å². The maximum absolute atomic E-state index is 12.4. The van der Waals surface area contributed by atoms with Gasteiger partial charge in [0, 0.05) is 13.1 Å². The van der Waals surface area contributed by atoms with Crippen molar-refractivity contribution in [3.05, 3.63) is 29.8 Å². The third kappa shape index (κ3) is 5.13. The van der Waals surface area contributed by atoms with E-state index in [-0.39, 0.29) is 31.5 Å². The van der Waals surface area contributed by atoms with Crippen LogP contribution in [0.3, 0.4) is 0 Å². The van der Waals surface area contributed by atoms with Crippen LogP contribution >= 0.6 is 0 Å². The molecule has 21 heavy (non-hydrogen) atoms. The van der Waals surface area contributed by atoms with Crippen LogP contribution in [-0.2, 0) is 9.59 Å². The lowest BCUT2D eigenvalue weighted by atomic mass is 10.1. The number of carbonyl (C=O) groups is 3. The Morgan fingerprint density at radius 2 is 1.57 bits per heavy atom. The molecule has 0 bridgehead atoms. The molecule has 7 heteroatoms. The van der Waals surface area contributed by atoms with Crippen LogP contribution in [0, 0.1) is 0 Å². The third-order valence-electron chi connectivity index (χ3n) is 2.82. The molecule has 0 fully saturated rings. The van der Waals surface area contributed by atoms with Gasteiger partial charge in [0.15, 0.2) is 0 Å². The zero-order valence-corrected chi connectivity index (χ0v) is 11.6. The van der Waals surface area contributed by atoms with Crippen molar-refractivity contribution < 1.29 is 29.3 Å². The first kappa shape index (κ1) is 16.5. The molecule has 0 radical (unpaired) electrons. The fraction of sp³-hybridized carbons (Fsp3) is 0.357. The number of rotatable bonds is 8. The first-order chi connectivity index (χ1) is 9.95. The van der Waals surface area contributed by atoms with E-state index in [4.69, 9.17) is 14.9 Å². The van der Waals surface area contributed by atoms with Crippen LogP contribution in [0.15, 0.2) is 24.3 Å². The summed E-state index contributed by atoms with van der Waals surface area (Å²) in [5, 5.41) is 17.4. The highest BCUT2D eigenvalue weighted by Crippen LogP contribution is 2.19. The Kier molecular flexibility index (Phi) is 6.19. The number of hydrogen-bond acceptors (Lipinski definition) is 4. The van der Waals surface area contributed by atoms with Crippen molar-refractivity contribution in [3.63, 3.8) is 0 Å². The Hall–Kier alpha value is -2.57. The maximum atomic E-state index is 12.4. The highest BCUT2D eigenvalue weighted by atomic mass is 16.5. The minimum absolute atomic E-state index is 0.0561. The number of benzene rings is 1. The monoisotopic (exact) mass is 295 g/mol. The Balaban J connectivity index is 2.91. The molecule has 2 N–H and O–H groups in total. The fourth-order valence-corrected chi connectivity index (χ4v) is 1.77. The van der Waals surface area contributed by atoms with Crippen LogP contribution in [-0.4, -0.2) is 53.2 Å². The first-order valence-corrected chi connectivity index (χ1v) is 6.31. The predicted molar refractivity (Wildman–Crippen MR) is 73.4 cm³/mol. The molecule has 0 unspecified atom stereocenters. The molecule has 0 atom stereocenters. The molecule has 1 aromatic rings. The lowest BCUT2D eigenvalue weighted by Crippen LogP contribution is -2.35. The molecule has 1 aromatic carbocycles. The molecule has 0 heterocycles. The Labute approximate surface area is 121 Å². The minimum Gasteiger partial charge on any atom is -0.496 e. The second kappa shape index (κ2) is 7.88. The van der Waals surface area contributed by atoms with Crippen LogP contribution in [0.5, 0.6) is 5.75 Å². The van der Waals surface area contributed by atoms with Crippen molar-refractivity contribution >= 4 is 17.8 Å². The van der Waals surface area contributed by atoms with E-state index in [0.717, 1.165) is 0 Å². The van der Waals surface area contributed by atoms with Crippen molar-refractivity contribution in [2.45, 2.75) is 12.8 Å². The minimum atomic E-state index is -1.05. The number of aliphatic carboxylic acids is 2. The highest BCUT2D eigenvalue weighted by molar-refractivity contribution is 5.97. The summed E-state index contributed by atoms with van der Waals surface area (Å²) >= 11 is 0. The van der Waals surface area contributed by atoms with Gasteiger partial charge < -0.3 is 19.8 Å². The molecule has 0 aliphatic carbocycles. The number of carboxylic acids is 2. The summed E-state index contributed by atoms with van der Waals surface area (Å²) < 4.78 is 5.09. The summed E-state index contributed by atoms with van der Waals surface area (Å²) in [5.41, 5.74) is 0.274. The number of hydrogen-bond donors (Lipinski definition) is 2. The molecule has 114 valence electrons. The van der Waals surface area contributed by atoms with E-state index < -0.39 is 17.8 Å². The van der Waals surface area contributed by atoms with E-state index in [1.807, 2.05) is 0 Å². The largest absolute Gasteiger partial charge is 0.496 e. The highest BCUT2D eigenvalue weighted by Gasteiger charge is 2.20. The van der Waals surface area contributed by atoms with Gasteiger partial charge >= 0.3 is 11.9 Å². The summed E-state index contributed by atoms with van der Waals surface area (Å²) in [7, 11) is 1.42. The number of carbonyl (C=O) groups excluding carboxylic acids is 1. The molecular weight excluding hydrogens is 278 g/mol. The summed E-state index contributed by atoms with van der Waals surface area (Å²) in [4.78, 5) is 34.9. The fourth-order valence-electron chi connectivity index (χ4n) is 1.77. The number of ether oxygens (including phenoxy) is 1. The Bertz CT molecular complexity index is 510. The van der Waals surface area contributed by atoms with Crippen LogP contribution in [0.1, 0.15) is 23.2 Å². The first-order valence-electron chi connectivity index (χ1n) is 6.31. The molecule has 0 saturated heterocycles. The molecule has 0 spiro atoms. The van der Waals surface area contributed by atoms with Gasteiger partial charge in [-0.05, 0) is 12.1 Å². The van der Waals surface area contributed by atoms with E-state index in [0.29, 0.717) is 5.75 Å². The van der Waals surface area contributed by atoms with Gasteiger partial charge in [-0.15, -0.1) is 0 Å². The number of amides is 1. The number of para-hydroxylation sites is 1. The van der Waals surface area contributed by atoms with Crippen LogP contribution < -0.4 is 4.74 Å². The van der Waals surface area contributed by atoms with Crippen molar-refractivity contribution in [2.24, 2.45) is 0 Å². The third-order valence-corrected chi connectivity index (χ3v) is 2.82. The van der Waals surface area contributed by atoms with Gasteiger partial charge in [-0.1, -0.05) is 12.1 Å². The quantitative estimate of drug-likeness (QED) is 0.744. The van der Waals surface area contributed by atoms with Gasteiger partial charge in [-0.2, -0.15) is 0 Å². The van der Waals surface area contributed by atoms with E-state index in [1.165, 1.54) is 12.0 Å². The molecule has 0 aliphatic heterocycles. The average molecular weight is 295 g/mol. The number of carboxylic acid groups (broad SMARTS) is 2. The van der Waals surface area contributed by atoms with Crippen LogP contribution in [0.25, 0.3) is 0 Å². The summed E-state index contributed by atoms with van der Waals surface area (Å²) in [5.74, 6) is -2.19. The van der Waals surface area contributed by atoms with Gasteiger partial charge in [0.2, 0.25) is 0 Å². The molecule has 7 nitrogen and oxygen atoms in total. The second-order valence-electron chi connectivity index (χ2n) is 4.28. The second-order valence-corrected chi connectivity index (χ2v) is 4.28. The number of nitrogens with zero attached hydrogens (tertiary/aromatic N) is 1. The van der Waals surface area contributed by atoms with E-state index in [2.05, 4.69) is 0 Å². The lowest BCUT2D eigenvalue weighted by Gasteiger charge is -2.22. The molecule has 0 aliphatic rings. The van der Waals surface area contributed by atoms with Gasteiger partial charge in [0.05, 0.1) is 25.5 Å². The number of methoxy groups -OCH3 is 1. The zero-order valence-electron chi connectivity index (χ0n) is 11.6. The van der Waals surface area contributed by atoms with Gasteiger partial charge in [-0.3, -0.25) is 14.4 Å². The average Bonchev–Trinajstić information content (AvgIpc) is 2.46. The normalized spacial score (nSPS) is 9.95. The summed E-state index contributed by atoms with van der Waals surface area (Å²) in [6.45, 7) is -0.112. The lowest BCUT2D eigenvalue weighted by molar-refractivity contribution is -0.137. The SMILES string of the molecule is COc1ccccc1C(=O)N(CCC(=O)O)CCC(=O)O. The van der Waals surface area contributed by atoms with Crippen molar-refractivity contribution in [2.75, 3.05) is 20.2 Å². The summed E-state index contributed by atoms with van der Waals surface area (Å²) in [6, 6.07) is 6.52. The van der Waals surface area contributed by atoms with Gasteiger partial charge in [0.25, 0.3) is 5.91 Å². The smallest absolute Gasteiger partial charge is 0.305 e. The van der Waals surface area contributed by atoms with Gasteiger partial charge in [0.1, 0.15) is 5.75 Å². The standard InChI is InChI=1S/C14H17NO6/c1-21-11-5-3-2-4-10(11)14(20)15(8-6-12(16)17)9-7-13(18)19/h2-5H,6-9H2,1H3,(H,16,17)(H,18,19). The predicted octanol–water partition coefficient (Wildman–Crippen LogP) is 1.09. The van der Waals surface area contributed by atoms with Gasteiger partial charge in [-0.25, -0.2) is 0 Å². The molecule has 1 rings (SSSR count). The van der Waals surface area contributed by atoms with E-state index in [1.54, 1.807) is 24.3 Å². The summed E-state index contributed by atoms with van der Waals surface area (Å²) in [6.07, 6.45) is -0.499. The molecule has 1 amide bonds. The molecular formula is C14H17NO6.